The number of benzene rings is 1. The molecule has 17 heavy (non-hydrogen) atoms. The summed E-state index contributed by atoms with van der Waals surface area (Å²) < 4.78 is 28.1. The number of aromatic nitrogens is 2. The molecule has 1 heterocycles. The smallest absolute Gasteiger partial charge is 0.128 e. The maximum absolute atomic E-state index is 13.5. The average molecular weight is 237 g/mol. The first-order chi connectivity index (χ1) is 8.20. The van der Waals surface area contributed by atoms with Crippen LogP contribution in [0, 0.1) is 11.6 Å². The molecule has 0 aliphatic rings. The summed E-state index contributed by atoms with van der Waals surface area (Å²) >= 11 is 0. The van der Waals surface area contributed by atoms with Crippen molar-refractivity contribution in [3.8, 4) is 0 Å². The van der Waals surface area contributed by atoms with Gasteiger partial charge in [0.1, 0.15) is 11.6 Å². The predicted molar refractivity (Wildman–Crippen MR) is 60.5 cm³/mol. The Morgan fingerprint density at radius 2 is 2.12 bits per heavy atom. The Kier molecular flexibility index (Phi) is 3.49. The third-order valence-corrected chi connectivity index (χ3v) is 2.49. The van der Waals surface area contributed by atoms with Gasteiger partial charge in [0.15, 0.2) is 0 Å². The number of rotatable bonds is 4. The first kappa shape index (κ1) is 11.7. The standard InChI is InChI=1S/C12H13F2N3/c1-15-7-11-4-5-16-17(11)8-9-6-10(13)2-3-12(9)14/h2-6,15H,7-8H2,1H3. The third-order valence-electron chi connectivity index (χ3n) is 2.49. The van der Waals surface area contributed by atoms with E-state index in [1.54, 1.807) is 10.9 Å². The van der Waals surface area contributed by atoms with Crippen molar-refractivity contribution in [1.82, 2.24) is 15.1 Å². The van der Waals surface area contributed by atoms with Gasteiger partial charge in [-0.2, -0.15) is 5.10 Å². The summed E-state index contributed by atoms with van der Waals surface area (Å²) in [5.74, 6) is -0.860. The maximum atomic E-state index is 13.5. The van der Waals surface area contributed by atoms with Crippen molar-refractivity contribution in [2.24, 2.45) is 0 Å². The molecule has 2 aromatic rings. The second kappa shape index (κ2) is 5.05. The summed E-state index contributed by atoms with van der Waals surface area (Å²) in [7, 11) is 1.82. The van der Waals surface area contributed by atoms with E-state index in [2.05, 4.69) is 10.4 Å². The molecular formula is C12H13F2N3. The van der Waals surface area contributed by atoms with Crippen molar-refractivity contribution in [2.75, 3.05) is 7.05 Å². The highest BCUT2D eigenvalue weighted by Gasteiger charge is 2.07. The van der Waals surface area contributed by atoms with E-state index < -0.39 is 11.6 Å². The fraction of sp³-hybridized carbons (Fsp3) is 0.250. The van der Waals surface area contributed by atoms with Gasteiger partial charge in [-0.3, -0.25) is 4.68 Å². The summed E-state index contributed by atoms with van der Waals surface area (Å²) in [6.45, 7) is 0.866. The van der Waals surface area contributed by atoms with Crippen LogP contribution in [0.4, 0.5) is 8.78 Å². The minimum atomic E-state index is -0.441. The molecule has 0 saturated carbocycles. The highest BCUT2D eigenvalue weighted by atomic mass is 19.1. The van der Waals surface area contributed by atoms with Gasteiger partial charge in [-0.25, -0.2) is 8.78 Å². The Labute approximate surface area is 98.1 Å². The van der Waals surface area contributed by atoms with Crippen molar-refractivity contribution in [3.05, 3.63) is 53.4 Å². The molecule has 0 spiro atoms. The normalized spacial score (nSPS) is 10.8. The van der Waals surface area contributed by atoms with Gasteiger partial charge < -0.3 is 5.32 Å². The Hall–Kier alpha value is -1.75. The molecule has 2 rings (SSSR count). The number of nitrogens with zero attached hydrogens (tertiary/aromatic N) is 2. The number of nitrogens with one attached hydrogen (secondary N) is 1. The molecular weight excluding hydrogens is 224 g/mol. The molecule has 0 aliphatic carbocycles. The van der Waals surface area contributed by atoms with Crippen molar-refractivity contribution in [1.29, 1.82) is 0 Å². The maximum Gasteiger partial charge on any atom is 0.128 e. The molecule has 0 bridgehead atoms. The highest BCUT2D eigenvalue weighted by Crippen LogP contribution is 2.12. The van der Waals surface area contributed by atoms with Gasteiger partial charge in [-0.1, -0.05) is 0 Å². The lowest BCUT2D eigenvalue weighted by molar-refractivity contribution is 0.555. The lowest BCUT2D eigenvalue weighted by atomic mass is 10.2. The summed E-state index contributed by atoms with van der Waals surface area (Å²) in [6.07, 6.45) is 1.64. The van der Waals surface area contributed by atoms with Crippen molar-refractivity contribution in [3.63, 3.8) is 0 Å². The minimum absolute atomic E-state index is 0.230. The van der Waals surface area contributed by atoms with E-state index in [1.165, 1.54) is 6.07 Å². The van der Waals surface area contributed by atoms with Crippen LogP contribution in [0.3, 0.4) is 0 Å². The van der Waals surface area contributed by atoms with Crippen LogP contribution in [0.25, 0.3) is 0 Å². The first-order valence-corrected chi connectivity index (χ1v) is 5.30. The largest absolute Gasteiger partial charge is 0.314 e. The Balaban J connectivity index is 2.25. The number of hydrogen-bond donors (Lipinski definition) is 1. The van der Waals surface area contributed by atoms with Gasteiger partial charge in [0.2, 0.25) is 0 Å². The van der Waals surface area contributed by atoms with Crippen LogP contribution in [0.2, 0.25) is 0 Å². The second-order valence-corrected chi connectivity index (χ2v) is 3.75. The van der Waals surface area contributed by atoms with E-state index >= 15 is 0 Å². The van der Waals surface area contributed by atoms with E-state index in [9.17, 15) is 8.78 Å². The molecule has 0 radical (unpaired) electrons. The molecule has 0 fully saturated rings. The van der Waals surface area contributed by atoms with E-state index in [1.807, 2.05) is 13.1 Å². The lowest BCUT2D eigenvalue weighted by Gasteiger charge is -2.08. The average Bonchev–Trinajstić information content (AvgIpc) is 2.72. The van der Waals surface area contributed by atoms with Crippen molar-refractivity contribution < 1.29 is 8.78 Å². The van der Waals surface area contributed by atoms with E-state index in [0.717, 1.165) is 17.8 Å². The van der Waals surface area contributed by atoms with Gasteiger partial charge in [0.05, 0.1) is 12.2 Å². The molecule has 3 nitrogen and oxygen atoms in total. The third kappa shape index (κ3) is 2.68. The Bertz CT molecular complexity index is 508. The van der Waals surface area contributed by atoms with E-state index in [4.69, 9.17) is 0 Å². The summed E-state index contributed by atoms with van der Waals surface area (Å²) in [5.41, 5.74) is 1.22. The summed E-state index contributed by atoms with van der Waals surface area (Å²) in [6, 6.07) is 5.27. The number of halogens is 2. The minimum Gasteiger partial charge on any atom is -0.314 e. The molecule has 5 heteroatoms. The van der Waals surface area contributed by atoms with Crippen molar-refractivity contribution in [2.45, 2.75) is 13.1 Å². The predicted octanol–water partition coefficient (Wildman–Crippen LogP) is 1.93. The topological polar surface area (TPSA) is 29.9 Å². The zero-order valence-electron chi connectivity index (χ0n) is 9.45. The quantitative estimate of drug-likeness (QED) is 0.880. The molecule has 0 aliphatic heterocycles. The van der Waals surface area contributed by atoms with Gasteiger partial charge >= 0.3 is 0 Å². The van der Waals surface area contributed by atoms with Crippen LogP contribution in [0.1, 0.15) is 11.3 Å². The molecule has 0 atom stereocenters. The zero-order chi connectivity index (χ0) is 12.3. The molecule has 1 N–H and O–H groups in total. The molecule has 0 saturated heterocycles. The van der Waals surface area contributed by atoms with Gasteiger partial charge in [0, 0.05) is 18.3 Å². The van der Waals surface area contributed by atoms with Crippen LogP contribution in [-0.2, 0) is 13.1 Å². The van der Waals surface area contributed by atoms with Gasteiger partial charge in [-0.05, 0) is 31.3 Å². The highest BCUT2D eigenvalue weighted by molar-refractivity contribution is 5.19. The monoisotopic (exact) mass is 237 g/mol. The summed E-state index contributed by atoms with van der Waals surface area (Å²) in [5, 5.41) is 7.08. The molecule has 0 unspecified atom stereocenters. The van der Waals surface area contributed by atoms with Crippen LogP contribution in [0.5, 0.6) is 0 Å². The SMILES string of the molecule is CNCc1ccnn1Cc1cc(F)ccc1F. The molecule has 90 valence electrons. The lowest BCUT2D eigenvalue weighted by Crippen LogP contribution is -2.13. The van der Waals surface area contributed by atoms with Crippen LogP contribution >= 0.6 is 0 Å². The Morgan fingerprint density at radius 3 is 2.88 bits per heavy atom. The van der Waals surface area contributed by atoms with Crippen LogP contribution < -0.4 is 5.32 Å². The van der Waals surface area contributed by atoms with Gasteiger partial charge in [-0.15, -0.1) is 0 Å². The second-order valence-electron chi connectivity index (χ2n) is 3.75. The Morgan fingerprint density at radius 1 is 1.29 bits per heavy atom. The van der Waals surface area contributed by atoms with Crippen molar-refractivity contribution >= 4 is 0 Å². The molecule has 1 aromatic heterocycles. The first-order valence-electron chi connectivity index (χ1n) is 5.30. The zero-order valence-corrected chi connectivity index (χ0v) is 9.45. The van der Waals surface area contributed by atoms with Crippen LogP contribution in [0.15, 0.2) is 30.5 Å². The molecule has 1 aromatic carbocycles. The van der Waals surface area contributed by atoms with E-state index in [-0.39, 0.29) is 6.54 Å². The summed E-state index contributed by atoms with van der Waals surface area (Å²) in [4.78, 5) is 0. The number of hydrogen-bond acceptors (Lipinski definition) is 2. The van der Waals surface area contributed by atoms with Gasteiger partial charge in [0.25, 0.3) is 0 Å². The van der Waals surface area contributed by atoms with Crippen LogP contribution in [-0.4, -0.2) is 16.8 Å². The fourth-order valence-electron chi connectivity index (χ4n) is 1.66. The van der Waals surface area contributed by atoms with E-state index in [0.29, 0.717) is 12.1 Å². The fourth-order valence-corrected chi connectivity index (χ4v) is 1.66. The molecule has 0 amide bonds.